The molecule has 14 heteroatoms. The highest BCUT2D eigenvalue weighted by molar-refractivity contribution is 5.99. The lowest BCUT2D eigenvalue weighted by atomic mass is 9.81. The fourth-order valence-electron chi connectivity index (χ4n) is 9.03. The van der Waals surface area contributed by atoms with Crippen LogP contribution in [0.4, 0.5) is 10.5 Å². The van der Waals surface area contributed by atoms with Crippen molar-refractivity contribution >= 4 is 40.5 Å². The molecule has 3 aromatic carbocycles. The van der Waals surface area contributed by atoms with E-state index in [1.165, 1.54) is 19.8 Å². The zero-order valence-electron chi connectivity index (χ0n) is 35.2. The number of nitrogens with zero attached hydrogens (tertiary/aromatic N) is 3. The van der Waals surface area contributed by atoms with Gasteiger partial charge >= 0.3 is 6.09 Å². The smallest absolute Gasteiger partial charge is 0.407 e. The summed E-state index contributed by atoms with van der Waals surface area (Å²) in [7, 11) is 2.65. The van der Waals surface area contributed by atoms with Crippen molar-refractivity contribution in [2.45, 2.75) is 103 Å². The van der Waals surface area contributed by atoms with E-state index in [0.717, 1.165) is 57.5 Å². The molecule has 4 aromatic rings. The number of anilines is 1. The van der Waals surface area contributed by atoms with Crippen LogP contribution in [0.25, 0.3) is 33.3 Å². The fraction of sp³-hybridized carbons (Fsp3) is 0.489. The number of methoxy groups -OCH3 is 2. The lowest BCUT2D eigenvalue weighted by molar-refractivity contribution is -0.145. The molecule has 14 nitrogen and oxygen atoms in total. The minimum atomic E-state index is -1.24. The van der Waals surface area contributed by atoms with Gasteiger partial charge in [0, 0.05) is 31.3 Å². The number of ether oxygens (including phenoxy) is 2. The van der Waals surface area contributed by atoms with E-state index < -0.39 is 30.6 Å². The Bertz CT molecular complexity index is 2250. The van der Waals surface area contributed by atoms with E-state index in [1.54, 1.807) is 4.90 Å². The van der Waals surface area contributed by atoms with Crippen LogP contribution < -0.4 is 16.0 Å². The summed E-state index contributed by atoms with van der Waals surface area (Å²) in [5.41, 5.74) is 8.61. The summed E-state index contributed by atoms with van der Waals surface area (Å²) >= 11 is 0. The number of aromatic nitrogens is 2. The first-order valence-corrected chi connectivity index (χ1v) is 20.7. The highest BCUT2D eigenvalue weighted by Gasteiger charge is 2.41. The summed E-state index contributed by atoms with van der Waals surface area (Å²) in [4.78, 5) is 64.9. The molecular formula is C45H57N7O7. The second-order valence-electron chi connectivity index (χ2n) is 17.2. The van der Waals surface area contributed by atoms with E-state index >= 15 is 0 Å². The molecule has 2 aliphatic heterocycles. The van der Waals surface area contributed by atoms with Crippen molar-refractivity contribution in [2.24, 2.45) is 11.8 Å². The minimum absolute atomic E-state index is 0.0609. The van der Waals surface area contributed by atoms with Crippen LogP contribution in [-0.2, 0) is 29.3 Å². The Morgan fingerprint density at radius 2 is 1.46 bits per heavy atom. The number of nitrogens with one attached hydrogen (secondary N) is 4. The molecule has 1 aliphatic carbocycles. The number of carbonyl (C=O) groups is 4. The predicted molar refractivity (Wildman–Crippen MR) is 225 cm³/mol. The third-order valence-electron chi connectivity index (χ3n) is 12.3. The molecule has 5 N–H and O–H groups in total. The number of benzene rings is 3. The number of hydrogen-bond acceptors (Lipinski definition) is 9. The lowest BCUT2D eigenvalue weighted by Crippen LogP contribution is -2.54. The molecule has 2 fully saturated rings. The molecule has 0 spiro atoms. The van der Waals surface area contributed by atoms with Crippen molar-refractivity contribution in [2.75, 3.05) is 32.6 Å². The molecule has 3 aliphatic rings. The molecule has 1 unspecified atom stereocenters. The normalized spacial score (nSPS) is 19.8. The van der Waals surface area contributed by atoms with Crippen LogP contribution >= 0.6 is 0 Å². The number of likely N-dealkylation sites (tertiary alicyclic amines) is 2. The van der Waals surface area contributed by atoms with Crippen LogP contribution in [0.3, 0.4) is 0 Å². The second-order valence-corrected chi connectivity index (χ2v) is 17.2. The predicted octanol–water partition coefficient (Wildman–Crippen LogP) is 6.05. The van der Waals surface area contributed by atoms with E-state index in [2.05, 4.69) is 71.2 Å². The van der Waals surface area contributed by atoms with Gasteiger partial charge < -0.3 is 40.0 Å². The number of imidazole rings is 1. The van der Waals surface area contributed by atoms with Gasteiger partial charge in [-0.15, -0.1) is 0 Å². The summed E-state index contributed by atoms with van der Waals surface area (Å²) < 4.78 is 9.72. The number of amides is 4. The van der Waals surface area contributed by atoms with Crippen molar-refractivity contribution in [3.8, 4) is 22.3 Å². The maximum Gasteiger partial charge on any atom is 0.407 e. The maximum atomic E-state index is 13.7. The first-order chi connectivity index (χ1) is 28.1. The summed E-state index contributed by atoms with van der Waals surface area (Å²) in [6.45, 7) is 13.0. The van der Waals surface area contributed by atoms with Crippen LogP contribution in [0.1, 0.15) is 90.2 Å². The average Bonchev–Trinajstić information content (AvgIpc) is 4.03. The molecule has 314 valence electrons. The molecule has 3 heterocycles. The molecule has 59 heavy (non-hydrogen) atoms. The van der Waals surface area contributed by atoms with E-state index in [0.29, 0.717) is 31.6 Å². The van der Waals surface area contributed by atoms with Gasteiger partial charge in [0.2, 0.25) is 24.1 Å². The summed E-state index contributed by atoms with van der Waals surface area (Å²) in [6.07, 6.45) is 0.945. The number of aliphatic hydroxyl groups excluding tert-OH is 1. The monoisotopic (exact) mass is 807 g/mol. The Hall–Kier alpha value is -5.31. The van der Waals surface area contributed by atoms with Crippen molar-refractivity contribution in [3.63, 3.8) is 0 Å². The number of alkyl carbamates (subject to hydrolysis) is 1. The Balaban J connectivity index is 1.08. The average molecular weight is 808 g/mol. The number of fused-ring (bicyclic) bond motifs is 4. The second kappa shape index (κ2) is 16.7. The van der Waals surface area contributed by atoms with Gasteiger partial charge in [0.05, 0.1) is 30.2 Å². The van der Waals surface area contributed by atoms with Crippen LogP contribution in [0, 0.1) is 11.8 Å². The largest absolute Gasteiger partial charge is 0.453 e. The third-order valence-corrected chi connectivity index (χ3v) is 12.3. The Labute approximate surface area is 345 Å². The van der Waals surface area contributed by atoms with Gasteiger partial charge in [-0.25, -0.2) is 9.78 Å². The van der Waals surface area contributed by atoms with Gasteiger partial charge in [-0.3, -0.25) is 19.7 Å². The Morgan fingerprint density at radius 1 is 0.831 bits per heavy atom. The van der Waals surface area contributed by atoms with Crippen LogP contribution in [0.5, 0.6) is 0 Å². The number of aromatic amines is 1. The van der Waals surface area contributed by atoms with E-state index in [1.807, 2.05) is 50.8 Å². The number of aliphatic hydroxyl groups is 1. The molecule has 5 atom stereocenters. The Morgan fingerprint density at radius 3 is 2.15 bits per heavy atom. The van der Waals surface area contributed by atoms with Gasteiger partial charge in [-0.2, -0.15) is 0 Å². The SMILES string of the molecule is COC(=O)N[C@H](C(=O)N1CCC[C@H]1C(=O)Nc1ccc2c(c1)C(C)(C)c1cc(-c3ccc4nc([C@@H]5CCCN5C(=O)[C@@H](NC(O)OC)C(C)C)[nH]c4c3)ccc1-2)C(C)C. The highest BCUT2D eigenvalue weighted by atomic mass is 16.6. The van der Waals surface area contributed by atoms with Crippen LogP contribution in [0.15, 0.2) is 54.6 Å². The molecule has 2 saturated heterocycles. The van der Waals surface area contributed by atoms with Crippen LogP contribution in [0.2, 0.25) is 0 Å². The number of hydrogen-bond donors (Lipinski definition) is 5. The number of rotatable bonds is 12. The first-order valence-electron chi connectivity index (χ1n) is 20.7. The summed E-state index contributed by atoms with van der Waals surface area (Å²) in [6, 6.07) is 16.5. The minimum Gasteiger partial charge on any atom is -0.453 e. The van der Waals surface area contributed by atoms with Gasteiger partial charge in [-0.05, 0) is 101 Å². The maximum absolute atomic E-state index is 13.7. The van der Waals surface area contributed by atoms with Crippen LogP contribution in [-0.4, -0.2) is 101 Å². The molecule has 7 rings (SSSR count). The van der Waals surface area contributed by atoms with E-state index in [-0.39, 0.29) is 41.0 Å². The van der Waals surface area contributed by atoms with Crippen molar-refractivity contribution < 1.29 is 33.8 Å². The third kappa shape index (κ3) is 8.05. The zero-order valence-corrected chi connectivity index (χ0v) is 35.2. The van der Waals surface area contributed by atoms with Crippen molar-refractivity contribution in [1.29, 1.82) is 0 Å². The quantitative estimate of drug-likeness (QED) is 0.107. The number of carbonyl (C=O) groups excluding carboxylic acids is 4. The summed E-state index contributed by atoms with van der Waals surface area (Å²) in [5, 5.41) is 18.7. The van der Waals surface area contributed by atoms with E-state index in [9.17, 15) is 24.3 Å². The lowest BCUT2D eigenvalue weighted by Gasteiger charge is -2.31. The molecule has 1 aromatic heterocycles. The molecular weight excluding hydrogens is 751 g/mol. The van der Waals surface area contributed by atoms with Gasteiger partial charge in [0.15, 0.2) is 0 Å². The molecule has 0 radical (unpaired) electrons. The molecule has 0 saturated carbocycles. The van der Waals surface area contributed by atoms with Gasteiger partial charge in [-0.1, -0.05) is 65.8 Å². The highest BCUT2D eigenvalue weighted by Crippen LogP contribution is 2.50. The van der Waals surface area contributed by atoms with Crippen molar-refractivity contribution in [1.82, 2.24) is 30.4 Å². The molecule has 0 bridgehead atoms. The first kappa shape index (κ1) is 41.8. The van der Waals surface area contributed by atoms with Gasteiger partial charge in [0.1, 0.15) is 17.9 Å². The zero-order chi connectivity index (χ0) is 42.3. The number of H-pyrrole nitrogens is 1. The van der Waals surface area contributed by atoms with E-state index in [4.69, 9.17) is 14.5 Å². The topological polar surface area (TPSA) is 178 Å². The fourth-order valence-corrected chi connectivity index (χ4v) is 9.03. The standard InChI is InChI=1S/C45H57N7O7/c1-24(2)37(49-43(56)58-7)41(54)51-19-9-11-35(51)39-47-33-18-14-27(22-34(33)48-39)26-13-16-29-30-17-15-28(23-32(30)45(5,6)31(29)21-26)46-40(53)36-12-10-20-52(36)42(55)38(25(3)4)50-44(57)59-8/h13-18,21-25,35-38,43,49,56H,9-12,19-20H2,1-8H3,(H,46,53)(H,47,48)(H,50,57)/t35-,36-,37-,38-,43?/m0/s1. The van der Waals surface area contributed by atoms with Gasteiger partial charge in [0.25, 0.3) is 0 Å². The Kier molecular flexibility index (Phi) is 11.9. The summed E-state index contributed by atoms with van der Waals surface area (Å²) in [5.74, 6) is -0.143. The van der Waals surface area contributed by atoms with Crippen molar-refractivity contribution in [3.05, 3.63) is 71.5 Å². The molecule has 4 amide bonds.